The molecule has 1 aliphatic heterocycles. The molecule has 1 N–H and O–H groups in total. The first-order chi connectivity index (χ1) is 14.5. The van der Waals surface area contributed by atoms with Gasteiger partial charge >= 0.3 is 0 Å². The standard InChI is InChI=1S/C24H29N3O3/c1-2-22(28)21-16-19(15-20(26-21)14-18-8-4-3-5-9-18)23(29)10-6-7-12-27-13-11-25-24(30)17-27/h3-5,8-9,15-16H,2,6-7,10-14,17H2,1H3,(H,25,30). The number of carbonyl (C=O) groups is 3. The van der Waals surface area contributed by atoms with Crippen molar-refractivity contribution in [2.24, 2.45) is 0 Å². The van der Waals surface area contributed by atoms with Gasteiger partial charge in [0.1, 0.15) is 5.69 Å². The van der Waals surface area contributed by atoms with E-state index >= 15 is 0 Å². The van der Waals surface area contributed by atoms with E-state index in [0.29, 0.717) is 43.6 Å². The minimum Gasteiger partial charge on any atom is -0.354 e. The zero-order chi connectivity index (χ0) is 21.3. The van der Waals surface area contributed by atoms with Gasteiger partial charge in [0, 0.05) is 43.6 Å². The highest BCUT2D eigenvalue weighted by molar-refractivity contribution is 6.00. The number of benzene rings is 1. The Morgan fingerprint density at radius 1 is 1.10 bits per heavy atom. The molecule has 0 saturated carbocycles. The number of nitrogens with zero attached hydrogens (tertiary/aromatic N) is 2. The zero-order valence-electron chi connectivity index (χ0n) is 17.5. The van der Waals surface area contributed by atoms with Gasteiger partial charge in [0.25, 0.3) is 0 Å². The number of hydrogen-bond acceptors (Lipinski definition) is 5. The number of rotatable bonds is 10. The number of piperazine rings is 1. The highest BCUT2D eigenvalue weighted by atomic mass is 16.2. The molecule has 1 aromatic heterocycles. The van der Waals surface area contributed by atoms with Gasteiger partial charge in [-0.3, -0.25) is 19.3 Å². The highest BCUT2D eigenvalue weighted by Crippen LogP contribution is 2.15. The number of carbonyl (C=O) groups excluding carboxylic acids is 3. The molecule has 0 radical (unpaired) electrons. The maximum absolute atomic E-state index is 12.8. The first-order valence-electron chi connectivity index (χ1n) is 10.7. The molecule has 6 nitrogen and oxygen atoms in total. The summed E-state index contributed by atoms with van der Waals surface area (Å²) in [6.07, 6.45) is 2.99. The van der Waals surface area contributed by atoms with Crippen molar-refractivity contribution >= 4 is 17.5 Å². The molecule has 1 fully saturated rings. The quantitative estimate of drug-likeness (QED) is 0.484. The fourth-order valence-corrected chi connectivity index (χ4v) is 3.62. The van der Waals surface area contributed by atoms with Crippen molar-refractivity contribution in [1.29, 1.82) is 0 Å². The summed E-state index contributed by atoms with van der Waals surface area (Å²) in [5.41, 5.74) is 2.76. The van der Waals surface area contributed by atoms with Gasteiger partial charge in [-0.1, -0.05) is 37.3 Å². The van der Waals surface area contributed by atoms with Crippen molar-refractivity contribution in [3.05, 3.63) is 65.0 Å². The van der Waals surface area contributed by atoms with Crippen molar-refractivity contribution in [2.75, 3.05) is 26.2 Å². The second-order valence-corrected chi connectivity index (χ2v) is 7.68. The molecule has 1 saturated heterocycles. The molecular weight excluding hydrogens is 378 g/mol. The minimum atomic E-state index is -0.0534. The first kappa shape index (κ1) is 21.8. The Kier molecular flexibility index (Phi) is 7.85. The maximum Gasteiger partial charge on any atom is 0.234 e. The van der Waals surface area contributed by atoms with Crippen molar-refractivity contribution in [2.45, 2.75) is 39.0 Å². The lowest BCUT2D eigenvalue weighted by molar-refractivity contribution is -0.124. The smallest absolute Gasteiger partial charge is 0.234 e. The topological polar surface area (TPSA) is 79.4 Å². The van der Waals surface area contributed by atoms with Crippen molar-refractivity contribution in [3.63, 3.8) is 0 Å². The fraction of sp³-hybridized carbons (Fsp3) is 0.417. The average Bonchev–Trinajstić information content (AvgIpc) is 2.76. The molecule has 158 valence electrons. The van der Waals surface area contributed by atoms with E-state index in [2.05, 4.69) is 15.2 Å². The predicted octanol–water partition coefficient (Wildman–Crippen LogP) is 3.05. The molecule has 1 aliphatic rings. The molecule has 2 aromatic rings. The molecule has 0 unspecified atom stereocenters. The van der Waals surface area contributed by atoms with Gasteiger partial charge in [-0.15, -0.1) is 0 Å². The molecule has 0 spiro atoms. The van der Waals surface area contributed by atoms with Crippen LogP contribution in [-0.4, -0.2) is 53.5 Å². The van der Waals surface area contributed by atoms with Crippen LogP contribution in [0.5, 0.6) is 0 Å². The van der Waals surface area contributed by atoms with E-state index in [9.17, 15) is 14.4 Å². The van der Waals surface area contributed by atoms with Gasteiger partial charge in [0.2, 0.25) is 5.91 Å². The number of amides is 1. The van der Waals surface area contributed by atoms with E-state index in [1.165, 1.54) is 0 Å². The average molecular weight is 408 g/mol. The van der Waals surface area contributed by atoms with Crippen LogP contribution in [0.25, 0.3) is 0 Å². The van der Waals surface area contributed by atoms with Crippen LogP contribution in [0.15, 0.2) is 42.5 Å². The minimum absolute atomic E-state index is 0.0354. The Labute approximate surface area is 177 Å². The molecule has 0 aliphatic carbocycles. The second kappa shape index (κ2) is 10.8. The van der Waals surface area contributed by atoms with Gasteiger partial charge in [0.05, 0.1) is 6.54 Å². The van der Waals surface area contributed by atoms with E-state index in [-0.39, 0.29) is 17.5 Å². The van der Waals surface area contributed by atoms with Crippen LogP contribution in [-0.2, 0) is 11.2 Å². The van der Waals surface area contributed by atoms with Gasteiger partial charge in [-0.25, -0.2) is 4.98 Å². The van der Waals surface area contributed by atoms with E-state index in [4.69, 9.17) is 0 Å². The number of hydrogen-bond donors (Lipinski definition) is 1. The third-order valence-corrected chi connectivity index (χ3v) is 5.28. The predicted molar refractivity (Wildman–Crippen MR) is 116 cm³/mol. The molecule has 30 heavy (non-hydrogen) atoms. The van der Waals surface area contributed by atoms with Crippen molar-refractivity contribution in [1.82, 2.24) is 15.2 Å². The Morgan fingerprint density at radius 2 is 1.90 bits per heavy atom. The molecule has 3 rings (SSSR count). The molecule has 1 aromatic carbocycles. The van der Waals surface area contributed by atoms with Gasteiger partial charge < -0.3 is 5.32 Å². The van der Waals surface area contributed by atoms with E-state index in [1.807, 2.05) is 36.4 Å². The van der Waals surface area contributed by atoms with Crippen LogP contribution in [0.1, 0.15) is 64.7 Å². The third-order valence-electron chi connectivity index (χ3n) is 5.28. The van der Waals surface area contributed by atoms with Crippen LogP contribution in [0.2, 0.25) is 0 Å². The number of aromatic nitrogens is 1. The Balaban J connectivity index is 1.62. The second-order valence-electron chi connectivity index (χ2n) is 7.68. The Bertz CT molecular complexity index is 896. The molecule has 0 atom stereocenters. The molecular formula is C24H29N3O3. The lowest BCUT2D eigenvalue weighted by atomic mass is 10.0. The largest absolute Gasteiger partial charge is 0.354 e. The zero-order valence-corrected chi connectivity index (χ0v) is 17.5. The van der Waals surface area contributed by atoms with Crippen LogP contribution in [0.3, 0.4) is 0 Å². The first-order valence-corrected chi connectivity index (χ1v) is 10.7. The highest BCUT2D eigenvalue weighted by Gasteiger charge is 2.16. The Hall–Kier alpha value is -2.86. The fourth-order valence-electron chi connectivity index (χ4n) is 3.62. The number of unbranched alkanes of at least 4 members (excludes halogenated alkanes) is 1. The van der Waals surface area contributed by atoms with E-state index in [1.54, 1.807) is 13.0 Å². The summed E-state index contributed by atoms with van der Waals surface area (Å²) in [5, 5.41) is 2.82. The third kappa shape index (κ3) is 6.32. The van der Waals surface area contributed by atoms with Crippen LogP contribution in [0, 0.1) is 0 Å². The Morgan fingerprint density at radius 3 is 2.63 bits per heavy atom. The summed E-state index contributed by atoms with van der Waals surface area (Å²) in [5.74, 6) is 0.0452. The summed E-state index contributed by atoms with van der Waals surface area (Å²) < 4.78 is 0. The maximum atomic E-state index is 12.8. The van der Waals surface area contributed by atoms with Gasteiger partial charge in [-0.05, 0) is 37.1 Å². The van der Waals surface area contributed by atoms with Crippen LogP contribution in [0.4, 0.5) is 0 Å². The van der Waals surface area contributed by atoms with Gasteiger partial charge in [-0.2, -0.15) is 0 Å². The summed E-state index contributed by atoms with van der Waals surface area (Å²) in [4.78, 5) is 43.1. The number of pyridine rings is 1. The lowest BCUT2D eigenvalue weighted by Crippen LogP contribution is -2.47. The number of ketones is 2. The molecule has 2 heterocycles. The normalized spacial score (nSPS) is 14.4. The van der Waals surface area contributed by atoms with Crippen LogP contribution >= 0.6 is 0 Å². The summed E-state index contributed by atoms with van der Waals surface area (Å²) in [7, 11) is 0. The SMILES string of the molecule is CCC(=O)c1cc(C(=O)CCCCN2CCNC(=O)C2)cc(Cc2ccccc2)n1. The van der Waals surface area contributed by atoms with Gasteiger partial charge in [0.15, 0.2) is 11.6 Å². The summed E-state index contributed by atoms with van der Waals surface area (Å²) >= 11 is 0. The summed E-state index contributed by atoms with van der Waals surface area (Å²) in [6, 6.07) is 13.4. The van der Waals surface area contributed by atoms with Crippen molar-refractivity contribution < 1.29 is 14.4 Å². The summed E-state index contributed by atoms with van der Waals surface area (Å²) in [6.45, 7) is 4.60. The molecule has 0 bridgehead atoms. The van der Waals surface area contributed by atoms with Crippen LogP contribution < -0.4 is 5.32 Å². The van der Waals surface area contributed by atoms with E-state index < -0.39 is 0 Å². The molecule has 6 heteroatoms. The number of Topliss-reactive ketones (excluding diaryl/α,β-unsaturated/α-hetero) is 2. The van der Waals surface area contributed by atoms with E-state index in [0.717, 1.165) is 37.2 Å². The molecule has 1 amide bonds. The lowest BCUT2D eigenvalue weighted by Gasteiger charge is -2.26. The monoisotopic (exact) mass is 407 g/mol. The number of nitrogens with one attached hydrogen (secondary N) is 1. The van der Waals surface area contributed by atoms with Crippen molar-refractivity contribution in [3.8, 4) is 0 Å².